The van der Waals surface area contributed by atoms with Gasteiger partial charge in [-0.15, -0.1) is 0 Å². The molecule has 2 heterocycles. The van der Waals surface area contributed by atoms with Crippen LogP contribution < -0.4 is 14.4 Å². The largest absolute Gasteiger partial charge is 0.487 e. The van der Waals surface area contributed by atoms with Gasteiger partial charge in [0.1, 0.15) is 12.4 Å². The van der Waals surface area contributed by atoms with Crippen molar-refractivity contribution in [3.05, 3.63) is 70.3 Å². The Bertz CT molecular complexity index is 1390. The van der Waals surface area contributed by atoms with Gasteiger partial charge in [0.25, 0.3) is 5.91 Å². The molecule has 1 saturated carbocycles. The summed E-state index contributed by atoms with van der Waals surface area (Å²) >= 11 is 6.30. The number of benzene rings is 2. The molecule has 1 aliphatic carbocycles. The molecule has 40 heavy (non-hydrogen) atoms. The van der Waals surface area contributed by atoms with Crippen molar-refractivity contribution in [1.29, 1.82) is 0 Å². The number of aryl methyl sites for hydroxylation is 1. The average Bonchev–Trinajstić information content (AvgIpc) is 2.95. The van der Waals surface area contributed by atoms with Crippen molar-refractivity contribution < 1.29 is 23.1 Å². The maximum absolute atomic E-state index is 13.2. The fourth-order valence-corrected chi connectivity index (χ4v) is 7.28. The Morgan fingerprint density at radius 3 is 2.73 bits per heavy atom. The number of anilines is 1. The Balaban J connectivity index is 1.55. The molecule has 9 heteroatoms. The number of aliphatic hydroxyl groups is 1. The fourth-order valence-electron chi connectivity index (χ4n) is 6.06. The van der Waals surface area contributed by atoms with Crippen LogP contribution in [0.3, 0.4) is 0 Å². The lowest BCUT2D eigenvalue weighted by Gasteiger charge is -2.51. The minimum absolute atomic E-state index is 0.255. The van der Waals surface area contributed by atoms with E-state index >= 15 is 0 Å². The topological polar surface area (TPSA) is 95.9 Å². The Morgan fingerprint density at radius 2 is 1.95 bits per heavy atom. The molecule has 2 bridgehead atoms. The number of amides is 1. The van der Waals surface area contributed by atoms with Gasteiger partial charge in [0.05, 0.1) is 17.0 Å². The number of carbonyl (C=O) groups excluding carboxylic acids is 1. The summed E-state index contributed by atoms with van der Waals surface area (Å²) in [7, 11) is -3.87. The van der Waals surface area contributed by atoms with E-state index in [2.05, 4.69) is 16.5 Å². The number of carbonyl (C=O) groups is 1. The van der Waals surface area contributed by atoms with E-state index in [4.69, 9.17) is 16.3 Å². The van der Waals surface area contributed by atoms with Crippen molar-refractivity contribution in [3.8, 4) is 5.75 Å². The average molecular weight is 587 g/mol. The van der Waals surface area contributed by atoms with E-state index in [-0.39, 0.29) is 16.9 Å². The summed E-state index contributed by atoms with van der Waals surface area (Å²) in [6.45, 7) is 5.54. The van der Waals surface area contributed by atoms with Crippen molar-refractivity contribution >= 4 is 33.2 Å². The molecular formula is C31H39ClN2O5S. The highest BCUT2D eigenvalue weighted by molar-refractivity contribution is 7.90. The third-order valence-corrected chi connectivity index (χ3v) is 11.1. The second-order valence-corrected chi connectivity index (χ2v) is 14.3. The van der Waals surface area contributed by atoms with Crippen LogP contribution >= 0.6 is 11.6 Å². The van der Waals surface area contributed by atoms with Crippen molar-refractivity contribution in [2.45, 2.75) is 76.8 Å². The van der Waals surface area contributed by atoms with Gasteiger partial charge in [-0.25, -0.2) is 13.1 Å². The van der Waals surface area contributed by atoms with E-state index in [1.807, 2.05) is 30.4 Å². The molecule has 1 fully saturated rings. The van der Waals surface area contributed by atoms with E-state index < -0.39 is 27.3 Å². The Labute approximate surface area is 242 Å². The standard InChI is InChI=1S/C31H39ClN2O5S/c1-21-7-3-4-9-29(35)31(2)15-14-25(31)19-34-16-6-5-8-22-17-26(32)12-10-24(22)20-39-28-13-11-23(18-27(28)34)30(36)33-40(21,37)38/h4,9-13,17-18,21,25,29,35H,3,5-8,14-16,19-20H2,1-2H3,(H,33,36)/b9-4+/t21-,25+,29-,31-/m1/s1. The molecule has 1 amide bonds. The molecule has 0 spiro atoms. The predicted molar refractivity (Wildman–Crippen MR) is 158 cm³/mol. The summed E-state index contributed by atoms with van der Waals surface area (Å²) in [5.74, 6) is 0.249. The third kappa shape index (κ3) is 6.04. The number of halogens is 1. The molecule has 2 aromatic carbocycles. The summed E-state index contributed by atoms with van der Waals surface area (Å²) < 4.78 is 34.5. The molecule has 7 nitrogen and oxygen atoms in total. The number of rotatable bonds is 0. The van der Waals surface area contributed by atoms with E-state index in [9.17, 15) is 18.3 Å². The number of fused-ring (bicyclic) bond motifs is 3. The van der Waals surface area contributed by atoms with Crippen LogP contribution in [-0.4, -0.2) is 43.9 Å². The van der Waals surface area contributed by atoms with Gasteiger partial charge in [0, 0.05) is 29.1 Å². The highest BCUT2D eigenvalue weighted by Crippen LogP contribution is 2.50. The maximum atomic E-state index is 13.2. The quantitative estimate of drug-likeness (QED) is 0.388. The van der Waals surface area contributed by atoms with Crippen molar-refractivity contribution in [2.75, 3.05) is 18.0 Å². The SMILES string of the molecule is C[C@@H]1CC/C=C/[C@@H](O)[C@]2(C)CC[C@H]2CN2CCCCc3cc(Cl)ccc3COc3ccc(cc32)C(=O)NS1(=O)=O. The molecule has 0 radical (unpaired) electrons. The van der Waals surface area contributed by atoms with Crippen LogP contribution in [0.25, 0.3) is 0 Å². The molecule has 216 valence electrons. The zero-order chi connectivity index (χ0) is 28.5. The number of hydrogen-bond acceptors (Lipinski definition) is 6. The summed E-state index contributed by atoms with van der Waals surface area (Å²) in [6, 6.07) is 11.0. The van der Waals surface area contributed by atoms with Gasteiger partial charge in [0.15, 0.2) is 0 Å². The number of nitrogens with one attached hydrogen (secondary N) is 1. The fraction of sp³-hybridized carbons (Fsp3) is 0.516. The van der Waals surface area contributed by atoms with Crippen LogP contribution in [0.15, 0.2) is 48.6 Å². The molecule has 0 unspecified atom stereocenters. The summed E-state index contributed by atoms with van der Waals surface area (Å²) in [4.78, 5) is 15.5. The molecule has 0 saturated heterocycles. The summed E-state index contributed by atoms with van der Waals surface area (Å²) in [5.41, 5.74) is 3.00. The number of hydrogen-bond donors (Lipinski definition) is 2. The molecule has 2 N–H and O–H groups in total. The first-order valence-corrected chi connectivity index (χ1v) is 16.2. The van der Waals surface area contributed by atoms with E-state index in [1.165, 1.54) is 5.56 Å². The number of aliphatic hydroxyl groups excluding tert-OH is 1. The molecule has 5 rings (SSSR count). The molecule has 2 aromatic rings. The number of allylic oxidation sites excluding steroid dienone is 1. The van der Waals surface area contributed by atoms with Gasteiger partial charge in [-0.3, -0.25) is 4.79 Å². The van der Waals surface area contributed by atoms with Gasteiger partial charge in [-0.05, 0) is 99.2 Å². The molecular weight excluding hydrogens is 548 g/mol. The molecule has 3 aliphatic rings. The highest BCUT2D eigenvalue weighted by Gasteiger charge is 2.47. The van der Waals surface area contributed by atoms with Gasteiger partial charge in [-0.1, -0.05) is 36.7 Å². The van der Waals surface area contributed by atoms with Crippen LogP contribution in [0.2, 0.25) is 5.02 Å². The summed E-state index contributed by atoms with van der Waals surface area (Å²) in [6.07, 6.45) is 8.62. The third-order valence-electron chi connectivity index (χ3n) is 9.14. The van der Waals surface area contributed by atoms with Gasteiger partial charge < -0.3 is 14.7 Å². The van der Waals surface area contributed by atoms with E-state index in [0.717, 1.165) is 49.9 Å². The number of nitrogens with zero attached hydrogens (tertiary/aromatic N) is 1. The first-order chi connectivity index (χ1) is 19.1. The first kappa shape index (κ1) is 29.0. The van der Waals surface area contributed by atoms with Gasteiger partial charge in [-0.2, -0.15) is 0 Å². The van der Waals surface area contributed by atoms with Crippen LogP contribution in [-0.2, 0) is 23.1 Å². The summed E-state index contributed by atoms with van der Waals surface area (Å²) in [5, 5.41) is 11.1. The highest BCUT2D eigenvalue weighted by atomic mass is 35.5. The van der Waals surface area contributed by atoms with Gasteiger partial charge >= 0.3 is 0 Å². The Hall–Kier alpha value is -2.55. The second-order valence-electron chi connectivity index (χ2n) is 11.8. The normalized spacial score (nSPS) is 29.9. The molecule has 2 aliphatic heterocycles. The second kappa shape index (κ2) is 11.7. The first-order valence-electron chi connectivity index (χ1n) is 14.3. The zero-order valence-corrected chi connectivity index (χ0v) is 24.8. The smallest absolute Gasteiger partial charge is 0.264 e. The monoisotopic (exact) mass is 586 g/mol. The van der Waals surface area contributed by atoms with Crippen molar-refractivity contribution in [3.63, 3.8) is 0 Å². The Morgan fingerprint density at radius 1 is 1.12 bits per heavy atom. The van der Waals surface area contributed by atoms with Crippen LogP contribution in [0.5, 0.6) is 5.75 Å². The van der Waals surface area contributed by atoms with E-state index in [0.29, 0.717) is 36.8 Å². The van der Waals surface area contributed by atoms with Crippen LogP contribution in [0.1, 0.15) is 73.9 Å². The lowest BCUT2D eigenvalue weighted by atomic mass is 9.58. The predicted octanol–water partition coefficient (Wildman–Crippen LogP) is 5.64. The zero-order valence-electron chi connectivity index (χ0n) is 23.2. The Kier molecular flexibility index (Phi) is 8.50. The number of sulfonamides is 1. The maximum Gasteiger partial charge on any atom is 0.264 e. The van der Waals surface area contributed by atoms with Crippen LogP contribution in [0.4, 0.5) is 5.69 Å². The van der Waals surface area contributed by atoms with Crippen molar-refractivity contribution in [1.82, 2.24) is 4.72 Å². The molecule has 0 aromatic heterocycles. The molecule has 4 atom stereocenters. The minimum Gasteiger partial charge on any atom is -0.487 e. The minimum atomic E-state index is -3.87. The number of ether oxygens (including phenoxy) is 1. The lowest BCUT2D eigenvalue weighted by molar-refractivity contribution is -0.0466. The lowest BCUT2D eigenvalue weighted by Crippen LogP contribution is -2.51. The van der Waals surface area contributed by atoms with E-state index in [1.54, 1.807) is 25.1 Å². The van der Waals surface area contributed by atoms with Gasteiger partial charge in [0.2, 0.25) is 10.0 Å². The van der Waals surface area contributed by atoms with Crippen molar-refractivity contribution in [2.24, 2.45) is 11.3 Å². The van der Waals surface area contributed by atoms with Crippen LogP contribution in [0, 0.1) is 11.3 Å².